The van der Waals surface area contributed by atoms with Crippen LogP contribution in [0.4, 0.5) is 13.2 Å². The Morgan fingerprint density at radius 3 is 2.38 bits per heavy atom. The van der Waals surface area contributed by atoms with Crippen LogP contribution in [0, 0.1) is 6.92 Å². The standard InChI is InChI=1S/C14H9F3O2S2/c1-8-4-5-9(21-8)7-10(13(19)14(15,16)17)12(18)11-3-2-6-20-11/h2-7H,1H3. The summed E-state index contributed by atoms with van der Waals surface area (Å²) in [6.07, 6.45) is -4.07. The summed E-state index contributed by atoms with van der Waals surface area (Å²) >= 11 is 2.21. The van der Waals surface area contributed by atoms with Crippen LogP contribution in [0.25, 0.3) is 6.08 Å². The van der Waals surface area contributed by atoms with Gasteiger partial charge in [0.05, 0.1) is 10.5 Å². The van der Waals surface area contributed by atoms with E-state index in [4.69, 9.17) is 0 Å². The maximum Gasteiger partial charge on any atom is 0.455 e. The van der Waals surface area contributed by atoms with Crippen LogP contribution < -0.4 is 0 Å². The van der Waals surface area contributed by atoms with Gasteiger partial charge in [-0.1, -0.05) is 6.07 Å². The summed E-state index contributed by atoms with van der Waals surface area (Å²) in [5.41, 5.74) is -0.855. The zero-order valence-electron chi connectivity index (χ0n) is 10.7. The SMILES string of the molecule is Cc1ccc(C=C(C(=O)c2cccs2)C(=O)C(F)(F)F)s1. The molecule has 110 valence electrons. The number of ketones is 2. The smallest absolute Gasteiger partial charge is 0.288 e. The third-order valence-corrected chi connectivity index (χ3v) is 4.36. The lowest BCUT2D eigenvalue weighted by atomic mass is 10.0. The molecule has 2 aromatic heterocycles. The lowest BCUT2D eigenvalue weighted by molar-refractivity contribution is -0.166. The lowest BCUT2D eigenvalue weighted by Crippen LogP contribution is -2.28. The fourth-order valence-corrected chi connectivity index (χ4v) is 3.10. The number of rotatable bonds is 4. The molecule has 0 unspecified atom stereocenters. The van der Waals surface area contributed by atoms with Crippen molar-refractivity contribution in [1.82, 2.24) is 0 Å². The van der Waals surface area contributed by atoms with E-state index in [1.807, 2.05) is 0 Å². The van der Waals surface area contributed by atoms with Gasteiger partial charge < -0.3 is 0 Å². The van der Waals surface area contributed by atoms with E-state index < -0.39 is 23.3 Å². The minimum absolute atomic E-state index is 0.104. The molecule has 2 aromatic rings. The van der Waals surface area contributed by atoms with Gasteiger partial charge in [0.1, 0.15) is 0 Å². The van der Waals surface area contributed by atoms with Crippen molar-refractivity contribution in [3.63, 3.8) is 0 Å². The molecule has 0 bridgehead atoms. The normalized spacial score (nSPS) is 12.5. The van der Waals surface area contributed by atoms with Crippen molar-refractivity contribution in [2.45, 2.75) is 13.1 Å². The van der Waals surface area contributed by atoms with Crippen LogP contribution in [0.2, 0.25) is 0 Å². The molecule has 2 nitrogen and oxygen atoms in total. The number of carbonyl (C=O) groups excluding carboxylic acids is 2. The van der Waals surface area contributed by atoms with Crippen molar-refractivity contribution in [1.29, 1.82) is 0 Å². The molecule has 7 heteroatoms. The summed E-state index contributed by atoms with van der Waals surface area (Å²) in [4.78, 5) is 25.1. The molecular formula is C14H9F3O2S2. The van der Waals surface area contributed by atoms with Gasteiger partial charge in [-0.15, -0.1) is 22.7 Å². The molecule has 0 aromatic carbocycles. The van der Waals surface area contributed by atoms with Crippen LogP contribution in [-0.4, -0.2) is 17.7 Å². The molecule has 0 N–H and O–H groups in total. The van der Waals surface area contributed by atoms with Crippen molar-refractivity contribution < 1.29 is 22.8 Å². The lowest BCUT2D eigenvalue weighted by Gasteiger charge is -2.07. The summed E-state index contributed by atoms with van der Waals surface area (Å²) in [5.74, 6) is -3.02. The molecule has 2 rings (SSSR count). The van der Waals surface area contributed by atoms with Crippen molar-refractivity contribution >= 4 is 40.3 Å². The number of thiophene rings is 2. The first-order chi connectivity index (χ1) is 9.79. The predicted molar refractivity (Wildman–Crippen MR) is 76.7 cm³/mol. The zero-order valence-corrected chi connectivity index (χ0v) is 12.4. The van der Waals surface area contributed by atoms with E-state index in [1.54, 1.807) is 30.5 Å². The highest BCUT2D eigenvalue weighted by Crippen LogP contribution is 2.27. The minimum atomic E-state index is -5.08. The summed E-state index contributed by atoms with van der Waals surface area (Å²) in [6, 6.07) is 6.22. The van der Waals surface area contributed by atoms with Crippen LogP contribution >= 0.6 is 22.7 Å². The first-order valence-corrected chi connectivity index (χ1v) is 7.46. The van der Waals surface area contributed by atoms with E-state index in [-0.39, 0.29) is 4.88 Å². The van der Waals surface area contributed by atoms with Crippen LogP contribution in [0.1, 0.15) is 19.4 Å². The Bertz CT molecular complexity index is 694. The van der Waals surface area contributed by atoms with E-state index in [0.717, 1.165) is 22.3 Å². The van der Waals surface area contributed by atoms with Gasteiger partial charge in [-0.2, -0.15) is 13.2 Å². The third kappa shape index (κ3) is 3.68. The van der Waals surface area contributed by atoms with Gasteiger partial charge in [0, 0.05) is 9.75 Å². The first-order valence-electron chi connectivity index (χ1n) is 5.77. The monoisotopic (exact) mass is 330 g/mol. The van der Waals surface area contributed by atoms with Gasteiger partial charge in [0.25, 0.3) is 5.78 Å². The minimum Gasteiger partial charge on any atom is -0.288 e. The van der Waals surface area contributed by atoms with Gasteiger partial charge in [-0.05, 0) is 36.6 Å². The fourth-order valence-electron chi connectivity index (χ4n) is 1.60. The fraction of sp³-hybridized carbons (Fsp3) is 0.143. The van der Waals surface area contributed by atoms with Crippen LogP contribution in [0.5, 0.6) is 0 Å². The summed E-state index contributed by atoms with van der Waals surface area (Å²) in [5, 5.41) is 1.57. The van der Waals surface area contributed by atoms with Gasteiger partial charge in [-0.25, -0.2) is 0 Å². The van der Waals surface area contributed by atoms with Gasteiger partial charge >= 0.3 is 6.18 Å². The van der Waals surface area contributed by atoms with Crippen molar-refractivity contribution in [3.05, 3.63) is 49.9 Å². The van der Waals surface area contributed by atoms with Gasteiger partial charge in [0.15, 0.2) is 0 Å². The summed E-state index contributed by atoms with van der Waals surface area (Å²) < 4.78 is 38.0. The molecule has 0 aliphatic heterocycles. The second-order valence-corrected chi connectivity index (χ2v) is 6.41. The largest absolute Gasteiger partial charge is 0.455 e. The Hall–Kier alpha value is -1.73. The van der Waals surface area contributed by atoms with E-state index in [1.165, 1.54) is 17.4 Å². The number of halogens is 3. The number of allylic oxidation sites excluding steroid dienone is 1. The van der Waals surface area contributed by atoms with E-state index >= 15 is 0 Å². The van der Waals surface area contributed by atoms with Gasteiger partial charge in [0.2, 0.25) is 5.78 Å². The summed E-state index contributed by atoms with van der Waals surface area (Å²) in [7, 11) is 0. The van der Waals surface area contributed by atoms with Gasteiger partial charge in [-0.3, -0.25) is 9.59 Å². The number of Topliss-reactive ketones (excluding diaryl/α,β-unsaturated/α-hetero) is 2. The molecule has 0 aliphatic carbocycles. The molecule has 2 heterocycles. The molecule has 0 atom stereocenters. The molecule has 0 radical (unpaired) electrons. The van der Waals surface area contributed by atoms with Crippen molar-refractivity contribution in [2.24, 2.45) is 0 Å². The summed E-state index contributed by atoms with van der Waals surface area (Å²) in [6.45, 7) is 1.79. The Kier molecular flexibility index (Phi) is 4.43. The van der Waals surface area contributed by atoms with Crippen LogP contribution in [0.15, 0.2) is 35.2 Å². The second kappa shape index (κ2) is 5.95. The van der Waals surface area contributed by atoms with Crippen LogP contribution in [-0.2, 0) is 4.79 Å². The molecule has 0 spiro atoms. The zero-order chi connectivity index (χ0) is 15.6. The Morgan fingerprint density at radius 1 is 1.19 bits per heavy atom. The Balaban J connectivity index is 2.47. The maximum atomic E-state index is 12.7. The number of alkyl halides is 3. The van der Waals surface area contributed by atoms with E-state index in [9.17, 15) is 22.8 Å². The van der Waals surface area contributed by atoms with Crippen molar-refractivity contribution in [2.75, 3.05) is 0 Å². The average molecular weight is 330 g/mol. The van der Waals surface area contributed by atoms with E-state index in [2.05, 4.69) is 0 Å². The predicted octanol–water partition coefficient (Wildman–Crippen LogP) is 4.52. The quantitative estimate of drug-likeness (QED) is 0.358. The van der Waals surface area contributed by atoms with E-state index in [0.29, 0.717) is 4.88 Å². The highest BCUT2D eigenvalue weighted by atomic mass is 32.1. The Labute approximate surface area is 126 Å². The molecular weight excluding hydrogens is 321 g/mol. The number of hydrogen-bond donors (Lipinski definition) is 0. The van der Waals surface area contributed by atoms with Crippen molar-refractivity contribution in [3.8, 4) is 0 Å². The number of carbonyl (C=O) groups is 2. The average Bonchev–Trinajstić information content (AvgIpc) is 3.04. The molecule has 0 fully saturated rings. The highest BCUT2D eigenvalue weighted by molar-refractivity contribution is 7.13. The topological polar surface area (TPSA) is 34.1 Å². The molecule has 0 aliphatic rings. The number of aryl methyl sites for hydroxylation is 1. The maximum absolute atomic E-state index is 12.7. The first kappa shape index (κ1) is 15.7. The molecule has 0 saturated carbocycles. The van der Waals surface area contributed by atoms with Crippen LogP contribution in [0.3, 0.4) is 0 Å². The molecule has 0 amide bonds. The molecule has 21 heavy (non-hydrogen) atoms. The molecule has 0 saturated heterocycles. The highest BCUT2D eigenvalue weighted by Gasteiger charge is 2.43. The third-order valence-electron chi connectivity index (χ3n) is 2.54. The number of hydrogen-bond acceptors (Lipinski definition) is 4. The second-order valence-electron chi connectivity index (χ2n) is 4.14. The Morgan fingerprint density at radius 2 is 1.90 bits per heavy atom.